The van der Waals surface area contributed by atoms with Gasteiger partial charge in [-0.1, -0.05) is 5.16 Å². The summed E-state index contributed by atoms with van der Waals surface area (Å²) in [4.78, 5) is 4.17. The van der Waals surface area contributed by atoms with Crippen LogP contribution in [-0.4, -0.2) is 34.2 Å². The Hall–Kier alpha value is -0.260. The Morgan fingerprint density at radius 2 is 2.19 bits per heavy atom. The molecular weight excluding hydrogens is 246 g/mol. The molecule has 6 heteroatoms. The Morgan fingerprint density at radius 3 is 2.81 bits per heavy atom. The molecule has 1 saturated heterocycles. The van der Waals surface area contributed by atoms with Crippen molar-refractivity contribution in [1.29, 1.82) is 0 Å². The highest BCUT2D eigenvalue weighted by atomic mass is 35.5. The number of aryl methyl sites for hydroxylation is 1. The minimum absolute atomic E-state index is 0. The summed E-state index contributed by atoms with van der Waals surface area (Å²) in [5, 5.41) is 7.30. The van der Waals surface area contributed by atoms with Crippen LogP contribution in [0.15, 0.2) is 4.52 Å². The monoisotopic (exact) mass is 263 g/mol. The number of nitrogens with zero attached hydrogens (tertiary/aromatic N) is 2. The maximum Gasteiger partial charge on any atom is 0.227 e. The van der Waals surface area contributed by atoms with E-state index in [-0.39, 0.29) is 12.4 Å². The van der Waals surface area contributed by atoms with E-state index in [1.54, 1.807) is 0 Å². The Bertz CT molecular complexity index is 302. The molecule has 0 radical (unpaired) electrons. The second kappa shape index (κ2) is 7.14. The summed E-state index contributed by atoms with van der Waals surface area (Å²) >= 11 is 2.05. The average Bonchev–Trinajstić information content (AvgIpc) is 2.66. The molecule has 0 spiro atoms. The zero-order valence-electron chi connectivity index (χ0n) is 9.44. The van der Waals surface area contributed by atoms with E-state index >= 15 is 0 Å². The number of hydrogen-bond acceptors (Lipinski definition) is 5. The minimum Gasteiger partial charge on any atom is -0.339 e. The van der Waals surface area contributed by atoms with Crippen molar-refractivity contribution in [1.82, 2.24) is 15.5 Å². The van der Waals surface area contributed by atoms with Crippen molar-refractivity contribution < 1.29 is 4.52 Å². The van der Waals surface area contributed by atoms with Crippen LogP contribution in [0.4, 0.5) is 0 Å². The molecule has 0 aliphatic carbocycles. The van der Waals surface area contributed by atoms with Crippen LogP contribution in [0.25, 0.3) is 0 Å². The van der Waals surface area contributed by atoms with Crippen LogP contribution < -0.4 is 5.32 Å². The fourth-order valence-corrected chi connectivity index (χ4v) is 2.83. The number of hydrogen-bond donors (Lipinski definition) is 1. The molecule has 0 atom stereocenters. The molecule has 0 unspecified atom stereocenters. The van der Waals surface area contributed by atoms with Crippen LogP contribution >= 0.6 is 24.2 Å². The molecule has 92 valence electrons. The molecule has 1 aliphatic heterocycles. The van der Waals surface area contributed by atoms with E-state index in [1.165, 1.54) is 24.3 Å². The van der Waals surface area contributed by atoms with E-state index in [9.17, 15) is 0 Å². The van der Waals surface area contributed by atoms with Crippen molar-refractivity contribution in [2.45, 2.75) is 32.2 Å². The predicted octanol–water partition coefficient (Wildman–Crippen LogP) is 1.83. The Labute approximate surface area is 106 Å². The number of thioether (sulfide) groups is 1. The van der Waals surface area contributed by atoms with Crippen LogP contribution in [0.5, 0.6) is 0 Å². The van der Waals surface area contributed by atoms with Gasteiger partial charge in [0.25, 0.3) is 0 Å². The fourth-order valence-electron chi connectivity index (χ4n) is 1.73. The topological polar surface area (TPSA) is 51.0 Å². The quantitative estimate of drug-likeness (QED) is 0.898. The number of nitrogens with one attached hydrogen (secondary N) is 1. The normalized spacial score (nSPS) is 17.1. The zero-order valence-corrected chi connectivity index (χ0v) is 11.1. The summed E-state index contributed by atoms with van der Waals surface area (Å²) in [5.74, 6) is 4.04. The van der Waals surface area contributed by atoms with Gasteiger partial charge in [0.15, 0.2) is 5.82 Å². The first kappa shape index (κ1) is 13.8. The highest BCUT2D eigenvalue weighted by Gasteiger charge is 2.12. The maximum atomic E-state index is 5.05. The van der Waals surface area contributed by atoms with Gasteiger partial charge in [-0.15, -0.1) is 12.4 Å². The lowest BCUT2D eigenvalue weighted by molar-refractivity contribution is 0.367. The molecule has 1 fully saturated rings. The molecule has 16 heavy (non-hydrogen) atoms. The van der Waals surface area contributed by atoms with Crippen molar-refractivity contribution in [3.63, 3.8) is 0 Å². The Morgan fingerprint density at radius 1 is 1.44 bits per heavy atom. The zero-order chi connectivity index (χ0) is 10.5. The first-order valence-electron chi connectivity index (χ1n) is 5.45. The van der Waals surface area contributed by atoms with Gasteiger partial charge >= 0.3 is 0 Å². The maximum absolute atomic E-state index is 5.05. The average molecular weight is 264 g/mol. The van der Waals surface area contributed by atoms with Gasteiger partial charge in [-0.2, -0.15) is 16.7 Å². The second-order valence-corrected chi connectivity index (χ2v) is 5.05. The van der Waals surface area contributed by atoms with Crippen molar-refractivity contribution >= 4 is 24.2 Å². The van der Waals surface area contributed by atoms with Gasteiger partial charge in [0.2, 0.25) is 5.89 Å². The van der Waals surface area contributed by atoms with E-state index in [2.05, 4.69) is 27.2 Å². The molecule has 1 aliphatic rings. The van der Waals surface area contributed by atoms with Crippen molar-refractivity contribution in [2.24, 2.45) is 0 Å². The van der Waals surface area contributed by atoms with Gasteiger partial charge in [0.05, 0.1) is 0 Å². The largest absolute Gasteiger partial charge is 0.339 e. The summed E-state index contributed by atoms with van der Waals surface area (Å²) < 4.78 is 5.05. The second-order valence-electron chi connectivity index (χ2n) is 3.83. The molecular formula is C10H18ClN3OS. The van der Waals surface area contributed by atoms with Crippen LogP contribution in [0.2, 0.25) is 0 Å². The van der Waals surface area contributed by atoms with Crippen molar-refractivity contribution in [3.8, 4) is 0 Å². The van der Waals surface area contributed by atoms with Crippen LogP contribution in [-0.2, 0) is 6.42 Å². The minimum atomic E-state index is 0. The van der Waals surface area contributed by atoms with Crippen LogP contribution in [0.3, 0.4) is 0 Å². The van der Waals surface area contributed by atoms with E-state index in [0.29, 0.717) is 6.04 Å². The van der Waals surface area contributed by atoms with Gasteiger partial charge in [0.1, 0.15) is 0 Å². The Balaban J connectivity index is 0.00000128. The lowest BCUT2D eigenvalue weighted by atomic mass is 10.1. The third kappa shape index (κ3) is 4.31. The van der Waals surface area contributed by atoms with Gasteiger partial charge in [-0.05, 0) is 31.3 Å². The SMILES string of the molecule is Cc1noc(CCNC2CCSCC2)n1.Cl. The smallest absolute Gasteiger partial charge is 0.227 e. The third-order valence-corrected chi connectivity index (χ3v) is 3.61. The molecule has 4 nitrogen and oxygen atoms in total. The van der Waals surface area contributed by atoms with Gasteiger partial charge < -0.3 is 9.84 Å². The molecule has 0 saturated carbocycles. The summed E-state index contributed by atoms with van der Waals surface area (Å²) in [6.07, 6.45) is 3.41. The van der Waals surface area contributed by atoms with E-state index in [1.807, 2.05) is 6.92 Å². The highest BCUT2D eigenvalue weighted by Crippen LogP contribution is 2.16. The van der Waals surface area contributed by atoms with E-state index < -0.39 is 0 Å². The third-order valence-electron chi connectivity index (χ3n) is 2.56. The summed E-state index contributed by atoms with van der Waals surface area (Å²) in [7, 11) is 0. The fraction of sp³-hybridized carbons (Fsp3) is 0.800. The molecule has 1 N–H and O–H groups in total. The highest BCUT2D eigenvalue weighted by molar-refractivity contribution is 7.99. The first-order valence-corrected chi connectivity index (χ1v) is 6.60. The summed E-state index contributed by atoms with van der Waals surface area (Å²) in [6, 6.07) is 0.690. The number of halogens is 1. The predicted molar refractivity (Wildman–Crippen MR) is 68.3 cm³/mol. The Kier molecular flexibility index (Phi) is 6.16. The van der Waals surface area contributed by atoms with Gasteiger partial charge in [-0.25, -0.2) is 0 Å². The van der Waals surface area contributed by atoms with E-state index in [0.717, 1.165) is 24.7 Å². The summed E-state index contributed by atoms with van der Waals surface area (Å²) in [6.45, 7) is 2.79. The molecule has 1 aromatic rings. The molecule has 2 heterocycles. The van der Waals surface area contributed by atoms with Gasteiger partial charge in [0, 0.05) is 19.0 Å². The van der Waals surface area contributed by atoms with E-state index in [4.69, 9.17) is 4.52 Å². The molecule has 2 rings (SSSR count). The standard InChI is InChI=1S/C10H17N3OS.ClH/c1-8-12-10(14-13-8)2-5-11-9-3-6-15-7-4-9;/h9,11H,2-7H2,1H3;1H. The first-order chi connectivity index (χ1) is 7.34. The van der Waals surface area contributed by atoms with Crippen LogP contribution in [0, 0.1) is 6.92 Å². The summed E-state index contributed by atoms with van der Waals surface area (Å²) in [5.41, 5.74) is 0. The lowest BCUT2D eigenvalue weighted by Gasteiger charge is -2.22. The molecule has 0 aromatic carbocycles. The van der Waals surface area contributed by atoms with Gasteiger partial charge in [-0.3, -0.25) is 0 Å². The van der Waals surface area contributed by atoms with Crippen molar-refractivity contribution in [3.05, 3.63) is 11.7 Å². The number of rotatable bonds is 4. The molecule has 0 amide bonds. The van der Waals surface area contributed by atoms with Crippen molar-refractivity contribution in [2.75, 3.05) is 18.1 Å². The lowest BCUT2D eigenvalue weighted by Crippen LogP contribution is -2.33. The van der Waals surface area contributed by atoms with Crippen LogP contribution in [0.1, 0.15) is 24.6 Å². The molecule has 1 aromatic heterocycles. The number of aromatic nitrogens is 2. The molecule has 0 bridgehead atoms.